The zero-order chi connectivity index (χ0) is 26.6. The fourth-order valence-electron chi connectivity index (χ4n) is 3.33. The lowest BCUT2D eigenvalue weighted by Gasteiger charge is -2.14. The van der Waals surface area contributed by atoms with Crippen molar-refractivity contribution in [3.05, 3.63) is 76.8 Å². The van der Waals surface area contributed by atoms with E-state index in [2.05, 4.69) is 15.3 Å². The first-order chi connectivity index (χ1) is 16.9. The Balaban J connectivity index is 1.83. The lowest BCUT2D eigenvalue weighted by molar-refractivity contribution is -0.119. The molecule has 0 saturated carbocycles. The number of nitrogens with two attached hydrogens (primary N) is 2. The molecular weight excluding hydrogens is 468 g/mol. The van der Waals surface area contributed by atoms with E-state index >= 15 is 4.39 Å². The molecule has 5 N–H and O–H groups in total. The molecular formula is C26H27F2N5O3. The van der Waals surface area contributed by atoms with Crippen LogP contribution in [0.1, 0.15) is 42.3 Å². The molecule has 0 aliphatic heterocycles. The predicted octanol–water partition coefficient (Wildman–Crippen LogP) is 4.04. The molecule has 2 aromatic carbocycles. The van der Waals surface area contributed by atoms with Crippen LogP contribution in [0.15, 0.2) is 53.4 Å². The van der Waals surface area contributed by atoms with Gasteiger partial charge in [-0.1, -0.05) is 6.07 Å². The number of hydrogen-bond acceptors (Lipinski definition) is 6. The van der Waals surface area contributed by atoms with Crippen LogP contribution in [0.25, 0.3) is 10.9 Å². The summed E-state index contributed by atoms with van der Waals surface area (Å²) >= 11 is 0. The Hall–Kier alpha value is -4.34. The lowest BCUT2D eigenvalue weighted by atomic mass is 10.1. The van der Waals surface area contributed by atoms with Gasteiger partial charge in [0.15, 0.2) is 11.6 Å². The molecule has 3 rings (SSSR count). The van der Waals surface area contributed by atoms with E-state index in [1.54, 1.807) is 13.0 Å². The standard InChI is InChI=1S/C26H27F2N5O3/c1-14-7-15(9-23(34)33-16(12-29)13-32-26(2,3)4)8-20(28)24(14)36-22-5-6-31-21-11-19(27)17(25(30)35)10-18(21)22/h5-8,10-13H,9,29H2,1-4H3,(H2,30,35)(H,33,34). The number of carbonyl (C=O) groups is 2. The van der Waals surface area contributed by atoms with Gasteiger partial charge < -0.3 is 21.5 Å². The summed E-state index contributed by atoms with van der Waals surface area (Å²) in [6, 6.07) is 6.54. The van der Waals surface area contributed by atoms with E-state index in [1.165, 1.54) is 36.8 Å². The molecule has 0 saturated heterocycles. The Morgan fingerprint density at radius 3 is 2.50 bits per heavy atom. The van der Waals surface area contributed by atoms with Gasteiger partial charge in [0.1, 0.15) is 11.6 Å². The Morgan fingerprint density at radius 1 is 1.17 bits per heavy atom. The van der Waals surface area contributed by atoms with Gasteiger partial charge in [0.25, 0.3) is 5.91 Å². The number of aliphatic imine (C=N–C) groups is 1. The van der Waals surface area contributed by atoms with Crippen LogP contribution < -0.4 is 21.5 Å². The Labute approximate surface area is 207 Å². The van der Waals surface area contributed by atoms with Crippen LogP contribution in [0.5, 0.6) is 11.5 Å². The number of amides is 2. The van der Waals surface area contributed by atoms with Crippen LogP contribution in [-0.2, 0) is 11.2 Å². The maximum Gasteiger partial charge on any atom is 0.251 e. The second-order valence-electron chi connectivity index (χ2n) is 9.12. The van der Waals surface area contributed by atoms with Gasteiger partial charge in [-0.2, -0.15) is 0 Å². The first kappa shape index (κ1) is 26.3. The number of allylic oxidation sites excluding steroid dienone is 1. The number of aromatic nitrogens is 1. The molecule has 3 aromatic rings. The third-order valence-corrected chi connectivity index (χ3v) is 4.98. The number of nitrogens with one attached hydrogen (secondary N) is 1. The molecule has 0 unspecified atom stereocenters. The lowest BCUT2D eigenvalue weighted by Crippen LogP contribution is -2.26. The highest BCUT2D eigenvalue weighted by Crippen LogP contribution is 2.34. The molecule has 0 spiro atoms. The summed E-state index contributed by atoms with van der Waals surface area (Å²) in [7, 11) is 0. The SMILES string of the molecule is Cc1cc(CC(=O)NC(C=NC(C)(C)C)=CN)cc(F)c1Oc1ccnc2cc(F)c(C(N)=O)cc12. The van der Waals surface area contributed by atoms with Crippen molar-refractivity contribution >= 4 is 28.9 Å². The molecule has 0 aliphatic carbocycles. The van der Waals surface area contributed by atoms with E-state index in [-0.39, 0.29) is 39.9 Å². The zero-order valence-electron chi connectivity index (χ0n) is 20.4. The molecule has 0 aliphatic rings. The molecule has 0 bridgehead atoms. The zero-order valence-corrected chi connectivity index (χ0v) is 20.4. The Kier molecular flexibility index (Phi) is 7.67. The normalized spacial score (nSPS) is 12.2. The first-order valence-corrected chi connectivity index (χ1v) is 11.0. The van der Waals surface area contributed by atoms with Gasteiger partial charge in [-0.3, -0.25) is 19.6 Å². The van der Waals surface area contributed by atoms with Crippen LogP contribution in [0.4, 0.5) is 8.78 Å². The molecule has 1 aromatic heterocycles. The van der Waals surface area contributed by atoms with Crippen LogP contribution in [0, 0.1) is 18.6 Å². The van der Waals surface area contributed by atoms with Crippen molar-refractivity contribution in [1.82, 2.24) is 10.3 Å². The smallest absolute Gasteiger partial charge is 0.251 e. The summed E-state index contributed by atoms with van der Waals surface area (Å²) in [5.41, 5.74) is 11.5. The molecule has 2 amide bonds. The summed E-state index contributed by atoms with van der Waals surface area (Å²) in [4.78, 5) is 32.4. The minimum atomic E-state index is -0.952. The number of rotatable bonds is 7. The second kappa shape index (κ2) is 10.5. The predicted molar refractivity (Wildman–Crippen MR) is 134 cm³/mol. The second-order valence-corrected chi connectivity index (χ2v) is 9.12. The number of hydrogen-bond donors (Lipinski definition) is 3. The number of primary amides is 1. The van der Waals surface area contributed by atoms with Crippen LogP contribution >= 0.6 is 0 Å². The fraction of sp³-hybridized carbons (Fsp3) is 0.231. The number of pyridine rings is 1. The van der Waals surface area contributed by atoms with Crippen molar-refractivity contribution in [3.8, 4) is 11.5 Å². The van der Waals surface area contributed by atoms with Gasteiger partial charge in [-0.25, -0.2) is 8.78 Å². The number of nitrogens with zero attached hydrogens (tertiary/aromatic N) is 2. The maximum absolute atomic E-state index is 15.0. The highest BCUT2D eigenvalue weighted by molar-refractivity contribution is 5.98. The molecule has 0 fully saturated rings. The third-order valence-electron chi connectivity index (χ3n) is 4.98. The minimum absolute atomic E-state index is 0.0866. The van der Waals surface area contributed by atoms with E-state index in [9.17, 15) is 14.0 Å². The third kappa shape index (κ3) is 6.41. The van der Waals surface area contributed by atoms with Gasteiger partial charge in [0, 0.05) is 30.1 Å². The van der Waals surface area contributed by atoms with E-state index in [1.807, 2.05) is 20.8 Å². The van der Waals surface area contributed by atoms with Crippen molar-refractivity contribution in [2.75, 3.05) is 0 Å². The molecule has 0 atom stereocenters. The Morgan fingerprint density at radius 2 is 1.89 bits per heavy atom. The maximum atomic E-state index is 15.0. The van der Waals surface area contributed by atoms with Gasteiger partial charge in [0.2, 0.25) is 5.91 Å². The summed E-state index contributed by atoms with van der Waals surface area (Å²) in [6.45, 7) is 7.33. The molecule has 188 valence electrons. The molecule has 36 heavy (non-hydrogen) atoms. The average Bonchev–Trinajstić information content (AvgIpc) is 2.77. The fourth-order valence-corrected chi connectivity index (χ4v) is 3.33. The average molecular weight is 496 g/mol. The van der Waals surface area contributed by atoms with Crippen molar-refractivity contribution in [2.45, 2.75) is 39.7 Å². The minimum Gasteiger partial charge on any atom is -0.453 e. The summed E-state index contributed by atoms with van der Waals surface area (Å²) in [6.07, 6.45) is 3.95. The van der Waals surface area contributed by atoms with Crippen molar-refractivity contribution in [2.24, 2.45) is 16.5 Å². The van der Waals surface area contributed by atoms with Gasteiger partial charge >= 0.3 is 0 Å². The summed E-state index contributed by atoms with van der Waals surface area (Å²) < 4.78 is 35.0. The topological polar surface area (TPSA) is 133 Å². The Bertz CT molecular complexity index is 1370. The number of fused-ring (bicyclic) bond motifs is 1. The monoisotopic (exact) mass is 495 g/mol. The van der Waals surface area contributed by atoms with E-state index in [0.29, 0.717) is 16.8 Å². The highest BCUT2D eigenvalue weighted by atomic mass is 19.1. The quantitative estimate of drug-likeness (QED) is 0.426. The number of halogens is 2. The largest absolute Gasteiger partial charge is 0.453 e. The van der Waals surface area contributed by atoms with Gasteiger partial charge in [-0.15, -0.1) is 0 Å². The molecule has 8 nitrogen and oxygen atoms in total. The number of aryl methyl sites for hydroxylation is 1. The van der Waals surface area contributed by atoms with E-state index < -0.39 is 23.4 Å². The number of carbonyl (C=O) groups excluding carboxylic acids is 2. The van der Waals surface area contributed by atoms with Crippen LogP contribution in [-0.4, -0.2) is 28.6 Å². The number of ether oxygens (including phenoxy) is 1. The number of benzene rings is 2. The van der Waals surface area contributed by atoms with E-state index in [4.69, 9.17) is 16.2 Å². The molecule has 0 radical (unpaired) electrons. The summed E-state index contributed by atoms with van der Waals surface area (Å²) in [5.74, 6) is -2.81. The van der Waals surface area contributed by atoms with Crippen LogP contribution in [0.3, 0.4) is 0 Å². The van der Waals surface area contributed by atoms with Gasteiger partial charge in [-0.05, 0) is 57.0 Å². The van der Waals surface area contributed by atoms with Crippen molar-refractivity contribution in [3.63, 3.8) is 0 Å². The van der Waals surface area contributed by atoms with Crippen LogP contribution in [0.2, 0.25) is 0 Å². The molecule has 1 heterocycles. The van der Waals surface area contributed by atoms with Gasteiger partial charge in [0.05, 0.1) is 28.7 Å². The highest BCUT2D eigenvalue weighted by Gasteiger charge is 2.17. The summed E-state index contributed by atoms with van der Waals surface area (Å²) in [5, 5.41) is 2.92. The van der Waals surface area contributed by atoms with E-state index in [0.717, 1.165) is 6.07 Å². The van der Waals surface area contributed by atoms with Crippen molar-refractivity contribution in [1.29, 1.82) is 0 Å². The van der Waals surface area contributed by atoms with Crippen molar-refractivity contribution < 1.29 is 23.1 Å². The first-order valence-electron chi connectivity index (χ1n) is 11.0. The molecule has 10 heteroatoms.